The Morgan fingerprint density at radius 2 is 0.587 bits per heavy atom. The van der Waals surface area contributed by atoms with Gasteiger partial charge in [0.05, 0.1) is 22.4 Å². The lowest BCUT2D eigenvalue weighted by Gasteiger charge is -2.34. The predicted molar refractivity (Wildman–Crippen MR) is 320 cm³/mol. The number of hydrogen-bond donors (Lipinski definition) is 0. The zero-order valence-electron chi connectivity index (χ0n) is 41.3. The Kier molecular flexibility index (Phi) is 11.9. The van der Waals surface area contributed by atoms with Crippen LogP contribution >= 0.6 is 0 Å². The van der Waals surface area contributed by atoms with E-state index in [4.69, 9.17) is 9.97 Å². The van der Waals surface area contributed by atoms with Crippen molar-refractivity contribution in [2.24, 2.45) is 0 Å². The molecule has 13 aromatic rings. The molecule has 0 spiro atoms. The highest BCUT2D eigenvalue weighted by Crippen LogP contribution is 2.37. The Labute approximate surface area is 440 Å². The minimum absolute atomic E-state index is 0.904. The van der Waals surface area contributed by atoms with Crippen LogP contribution in [-0.2, 0) is 0 Å². The van der Waals surface area contributed by atoms with E-state index in [2.05, 4.69) is 314 Å². The first-order valence-corrected chi connectivity index (χ1v) is 29.7. The monoisotopic (exact) mass is 989 g/mol. The molecule has 354 valence electrons. The summed E-state index contributed by atoms with van der Waals surface area (Å²) in [4.78, 5) is 10.9. The Hall–Kier alpha value is -9.27. The summed E-state index contributed by atoms with van der Waals surface area (Å²) in [5.74, 6) is 0. The second-order valence-corrected chi connectivity index (χ2v) is 26.9. The molecule has 0 aliphatic carbocycles. The fourth-order valence-corrected chi connectivity index (χ4v) is 21.1. The van der Waals surface area contributed by atoms with E-state index in [0.717, 1.165) is 39.3 Å². The summed E-state index contributed by atoms with van der Waals surface area (Å²) in [6.07, 6.45) is 4.30. The number of benzene rings is 10. The standard InChI is InChI=1S/C70H51N3Si2/c1-8-24-56(25-9-1)73-69-39-23-22-38-65(69)66-49-52(40-45-70(66)73)53-46-54(67-43-41-63(50-71-67)74(57-26-10-2-11-27-57,58-28-12-3-13-29-58)59-30-14-4-15-31-59)48-55(47-53)68-44-42-64(51-72-68)75(60-32-16-5-17-33-60,61-34-18-6-19-35-61)62-36-20-7-21-37-62/h1-51H. The average Bonchev–Trinajstić information content (AvgIpc) is 3.83. The van der Waals surface area contributed by atoms with Gasteiger partial charge in [-0.15, -0.1) is 0 Å². The SMILES string of the molecule is c1ccc(-n2c3ccccc3c3cc(-c4cc(-c5ccc([Si](c6ccccc6)(c6ccccc6)c6ccccc6)cn5)cc(-c5ccc([Si](c6ccccc6)(c6ccccc6)c6ccccc6)cn5)c4)ccc32)cc1. The Balaban J connectivity index is 0.995. The van der Waals surface area contributed by atoms with Crippen molar-refractivity contribution in [2.75, 3.05) is 0 Å². The smallest absolute Gasteiger partial charge is 0.181 e. The van der Waals surface area contributed by atoms with Crippen molar-refractivity contribution in [1.29, 1.82) is 0 Å². The summed E-state index contributed by atoms with van der Waals surface area (Å²) in [6, 6.07) is 109. The lowest BCUT2D eigenvalue weighted by molar-refractivity contribution is 1.18. The van der Waals surface area contributed by atoms with Gasteiger partial charge in [0.1, 0.15) is 0 Å². The van der Waals surface area contributed by atoms with Crippen molar-refractivity contribution >= 4 is 79.4 Å². The normalized spacial score (nSPS) is 11.7. The predicted octanol–water partition coefficient (Wildman–Crippen LogP) is 11.3. The van der Waals surface area contributed by atoms with Crippen molar-refractivity contribution in [3.63, 3.8) is 0 Å². The number of nitrogens with zero attached hydrogens (tertiary/aromatic N) is 3. The van der Waals surface area contributed by atoms with E-state index >= 15 is 0 Å². The molecule has 0 fully saturated rings. The van der Waals surface area contributed by atoms with E-state index in [9.17, 15) is 0 Å². The highest BCUT2D eigenvalue weighted by molar-refractivity contribution is 7.20. The van der Waals surface area contributed by atoms with Gasteiger partial charge in [0.25, 0.3) is 0 Å². The van der Waals surface area contributed by atoms with E-state index in [-0.39, 0.29) is 0 Å². The van der Waals surface area contributed by atoms with Gasteiger partial charge in [-0.25, -0.2) is 0 Å². The quantitative estimate of drug-likeness (QED) is 0.0902. The Morgan fingerprint density at radius 1 is 0.240 bits per heavy atom. The van der Waals surface area contributed by atoms with Crippen LogP contribution in [0.3, 0.4) is 0 Å². The Morgan fingerprint density at radius 3 is 0.973 bits per heavy atom. The zero-order valence-corrected chi connectivity index (χ0v) is 43.3. The van der Waals surface area contributed by atoms with Gasteiger partial charge in [-0.05, 0) is 113 Å². The second kappa shape index (κ2) is 19.6. The molecule has 0 radical (unpaired) electrons. The number of rotatable bonds is 12. The van der Waals surface area contributed by atoms with Crippen LogP contribution in [0.4, 0.5) is 0 Å². The largest absolute Gasteiger partial charge is 0.309 e. The van der Waals surface area contributed by atoms with E-state index < -0.39 is 16.1 Å². The van der Waals surface area contributed by atoms with E-state index in [0.29, 0.717) is 0 Å². The lowest BCUT2D eigenvalue weighted by Crippen LogP contribution is -2.74. The first-order chi connectivity index (χ1) is 37.2. The molecular formula is C70H51N3Si2. The van der Waals surface area contributed by atoms with Crippen LogP contribution < -0.4 is 41.5 Å². The molecule has 0 bridgehead atoms. The van der Waals surface area contributed by atoms with Crippen LogP contribution in [0.15, 0.2) is 310 Å². The third-order valence-corrected chi connectivity index (χ3v) is 24.7. The first-order valence-electron chi connectivity index (χ1n) is 25.7. The molecule has 3 nitrogen and oxygen atoms in total. The number of fused-ring (bicyclic) bond motifs is 3. The molecule has 0 amide bonds. The first kappa shape index (κ1) is 45.6. The van der Waals surface area contributed by atoms with Gasteiger partial charge in [-0.2, -0.15) is 0 Å². The maximum Gasteiger partial charge on any atom is 0.181 e. The van der Waals surface area contributed by atoms with Crippen LogP contribution in [0.25, 0.3) is 61.1 Å². The molecule has 0 N–H and O–H groups in total. The molecule has 0 saturated carbocycles. The zero-order chi connectivity index (χ0) is 50.0. The van der Waals surface area contributed by atoms with Gasteiger partial charge in [0.15, 0.2) is 16.1 Å². The molecule has 0 saturated heterocycles. The number of hydrogen-bond acceptors (Lipinski definition) is 2. The highest BCUT2D eigenvalue weighted by atomic mass is 28.3. The fraction of sp³-hybridized carbons (Fsp3) is 0. The van der Waals surface area contributed by atoms with Crippen molar-refractivity contribution in [1.82, 2.24) is 14.5 Å². The van der Waals surface area contributed by atoms with Gasteiger partial charge in [-0.3, -0.25) is 9.97 Å². The fourth-order valence-electron chi connectivity index (χ4n) is 11.8. The van der Waals surface area contributed by atoms with Crippen molar-refractivity contribution in [3.8, 4) is 39.3 Å². The third-order valence-electron chi connectivity index (χ3n) is 15.2. The molecule has 13 rings (SSSR count). The summed E-state index contributed by atoms with van der Waals surface area (Å²) in [7, 11) is -5.58. The van der Waals surface area contributed by atoms with Crippen LogP contribution in [0.1, 0.15) is 0 Å². The van der Waals surface area contributed by atoms with Gasteiger partial charge < -0.3 is 4.57 Å². The molecule has 75 heavy (non-hydrogen) atoms. The maximum atomic E-state index is 5.45. The van der Waals surface area contributed by atoms with Gasteiger partial charge in [0.2, 0.25) is 0 Å². The van der Waals surface area contributed by atoms with Crippen LogP contribution in [-0.4, -0.2) is 30.7 Å². The Bertz CT molecular complexity index is 3680. The molecule has 3 heterocycles. The second-order valence-electron chi connectivity index (χ2n) is 19.3. The summed E-state index contributed by atoms with van der Waals surface area (Å²) in [5.41, 5.74) is 9.58. The van der Waals surface area contributed by atoms with E-state index in [1.807, 2.05) is 0 Å². The number of para-hydroxylation sites is 2. The van der Waals surface area contributed by atoms with Crippen LogP contribution in [0.2, 0.25) is 0 Å². The molecule has 0 atom stereocenters. The maximum absolute atomic E-state index is 5.45. The lowest BCUT2D eigenvalue weighted by atomic mass is 9.95. The van der Waals surface area contributed by atoms with Gasteiger partial charge in [0, 0.05) is 40.0 Å². The van der Waals surface area contributed by atoms with Crippen LogP contribution in [0, 0.1) is 0 Å². The topological polar surface area (TPSA) is 30.7 Å². The summed E-state index contributed by atoms with van der Waals surface area (Å²) >= 11 is 0. The summed E-state index contributed by atoms with van der Waals surface area (Å²) < 4.78 is 2.38. The molecule has 5 heteroatoms. The van der Waals surface area contributed by atoms with E-state index in [1.165, 1.54) is 63.3 Å². The molecule has 0 aliphatic rings. The summed E-state index contributed by atoms with van der Waals surface area (Å²) in [6.45, 7) is 0. The molecule has 10 aromatic carbocycles. The van der Waals surface area contributed by atoms with Crippen molar-refractivity contribution in [2.45, 2.75) is 0 Å². The number of pyridine rings is 2. The van der Waals surface area contributed by atoms with Crippen molar-refractivity contribution in [3.05, 3.63) is 310 Å². The molecule has 3 aromatic heterocycles. The van der Waals surface area contributed by atoms with Crippen LogP contribution in [0.5, 0.6) is 0 Å². The number of aromatic nitrogens is 3. The minimum atomic E-state index is -2.79. The molecule has 0 unspecified atom stereocenters. The average molecular weight is 990 g/mol. The van der Waals surface area contributed by atoms with E-state index in [1.54, 1.807) is 0 Å². The molecule has 0 aliphatic heterocycles. The van der Waals surface area contributed by atoms with Crippen molar-refractivity contribution < 1.29 is 0 Å². The van der Waals surface area contributed by atoms with Gasteiger partial charge in [-0.1, -0.05) is 237 Å². The van der Waals surface area contributed by atoms with Gasteiger partial charge >= 0.3 is 0 Å². The molecular weight excluding hydrogens is 939 g/mol. The highest BCUT2D eigenvalue weighted by Gasteiger charge is 2.43. The summed E-state index contributed by atoms with van der Waals surface area (Å²) in [5, 5.41) is 12.8. The minimum Gasteiger partial charge on any atom is -0.309 e. The third kappa shape index (κ3) is 7.97.